The molecule has 632 valence electrons. The van der Waals surface area contributed by atoms with E-state index in [9.17, 15) is 43.2 Å². The normalized spacial score (nSPS) is 15.7. The van der Waals surface area contributed by atoms with Crippen molar-refractivity contribution >= 4 is 53.4 Å². The van der Waals surface area contributed by atoms with Crippen molar-refractivity contribution in [2.24, 2.45) is 41.4 Å². The first-order valence-corrected chi connectivity index (χ1v) is 37.0. The highest BCUT2D eigenvalue weighted by atomic mass is 16.5. The maximum absolute atomic E-state index is 11.9. The summed E-state index contributed by atoms with van der Waals surface area (Å²) in [5.74, 6) is 5.12. The lowest BCUT2D eigenvalue weighted by atomic mass is 9.95. The van der Waals surface area contributed by atoms with Crippen molar-refractivity contribution in [2.45, 2.75) is 408 Å². The van der Waals surface area contributed by atoms with Crippen molar-refractivity contribution in [3.8, 4) is 0 Å². The van der Waals surface area contributed by atoms with Gasteiger partial charge in [-0.25, -0.2) is 9.59 Å². The fraction of sp³-hybridized carbons (Fsp3) is 0.821. The van der Waals surface area contributed by atoms with E-state index in [1.54, 1.807) is 18.9 Å². The van der Waals surface area contributed by atoms with Crippen LogP contribution in [0.1, 0.15) is 371 Å². The fourth-order valence-electron chi connectivity index (χ4n) is 8.60. The van der Waals surface area contributed by atoms with Gasteiger partial charge in [-0.3, -0.25) is 58.7 Å². The first-order valence-electron chi connectivity index (χ1n) is 37.0. The molecule has 5 aliphatic heterocycles. The van der Waals surface area contributed by atoms with Crippen LogP contribution in [0.5, 0.6) is 0 Å². The molecule has 0 radical (unpaired) electrons. The van der Waals surface area contributed by atoms with Gasteiger partial charge in [0.15, 0.2) is 5.82 Å². The molecule has 7 rings (SSSR count). The third-order valence-corrected chi connectivity index (χ3v) is 12.6. The molecule has 2 aromatic rings. The van der Waals surface area contributed by atoms with Gasteiger partial charge in [0.1, 0.15) is 18.0 Å². The molecule has 21 nitrogen and oxygen atoms in total. The number of likely N-dealkylation sites (N-methyl/N-ethyl adjacent to an activating group) is 1. The molecule has 105 heavy (non-hydrogen) atoms. The third kappa shape index (κ3) is 55.9. The number of aromatic nitrogens is 3. The quantitative estimate of drug-likeness (QED) is 0.128. The number of urea groups is 2. The van der Waals surface area contributed by atoms with E-state index in [1.165, 1.54) is 24.6 Å². The second-order valence-electron chi connectivity index (χ2n) is 29.3. The Morgan fingerprint density at radius 3 is 0.952 bits per heavy atom. The van der Waals surface area contributed by atoms with Crippen LogP contribution >= 0.6 is 0 Å². The van der Waals surface area contributed by atoms with Gasteiger partial charge in [-0.05, 0) is 144 Å². The summed E-state index contributed by atoms with van der Waals surface area (Å²) in [4.78, 5) is 119. The van der Waals surface area contributed by atoms with E-state index in [0.717, 1.165) is 54.8 Å². The van der Waals surface area contributed by atoms with Crippen molar-refractivity contribution in [1.82, 2.24) is 55.0 Å². The Hall–Kier alpha value is -6.15. The number of rotatable bonds is 10. The average Bonchev–Trinajstić information content (AvgIpc) is 1.66. The van der Waals surface area contributed by atoms with Crippen molar-refractivity contribution in [1.29, 1.82) is 0 Å². The number of imide groups is 3. The van der Waals surface area contributed by atoms with Crippen LogP contribution in [0, 0.1) is 41.4 Å². The number of hydrogen-bond acceptors (Lipinski definition) is 12. The zero-order valence-electron chi connectivity index (χ0n) is 70.3. The lowest BCUT2D eigenvalue weighted by molar-refractivity contribution is -0.140. The number of likely N-dealkylation sites (tertiary alicyclic amines) is 2. The largest absolute Gasteiger partial charge is 0.368 e. The van der Waals surface area contributed by atoms with Gasteiger partial charge in [-0.15, -0.1) is 0 Å². The molecule has 0 spiro atoms. The molecule has 21 heteroatoms. The third-order valence-electron chi connectivity index (χ3n) is 12.6. The maximum atomic E-state index is 11.9. The Morgan fingerprint density at radius 2 is 0.790 bits per heavy atom. The summed E-state index contributed by atoms with van der Waals surface area (Å²) in [6, 6.07) is 3.38. The fourth-order valence-corrected chi connectivity index (χ4v) is 8.60. The standard InChI is InChI=1S/2C10H18N2O2.C9H16N2O2.C8H14N2O.C7H11NO2.C7H13NO.C4H5N.4C4H10.3C2H6.7CH4/c1-6(2)8-9(13)12(7(3)4)10(14)11(8)5;1-6(2)11-8(5)9(13)12(7(3)4)10(11)14;1-5(2)7-8(12)10-11(6(3)4)9(7)13;1-5(2)7-9-8(6(3)4)11-10-7;1-5(2)8-6(9)3-4-7(8)10;1-6(2)8-5-3-4-7(8)9;1-2-4-5-3-1;4*1-4(2)3;3*1-2;;;;;;;/h2*6-8H,1-5H3;5-7H,1-4H3,(H,10,12);5-6H,1-4H3;5H,3-4H2,1-2H3;6H,3-5H2,1-2H3;1-5H;4*4H,1-3H3;3*1-2H3;7*1H4. The molecule has 0 saturated carbocycles. The Balaban J connectivity index is -0.0000000730. The molecule has 3 atom stereocenters. The van der Waals surface area contributed by atoms with E-state index >= 15 is 0 Å². The van der Waals surface area contributed by atoms with Gasteiger partial charge in [0.05, 0.1) is 0 Å². The molecule has 0 bridgehead atoms. The van der Waals surface area contributed by atoms with Crippen LogP contribution in [0.3, 0.4) is 0 Å². The SMILES string of the molecule is C.C.C.C.C.C.C.CC.CC.CC.CC(C)C.CC(C)C.CC(C)C.CC(C)C.CC(C)C1C(=O)N(C(C)C)C(=O)N1C.CC(C)C1C(=O)NN(C(C)C)C1=O.CC(C)N1C(=O)C(C)N(C(C)C)C1=O.CC(C)N1C(=O)CCC1=O.CC(C)N1CCCC1=O.CC(C)c1noc(C(C)C)n1.c1cc[nH]c1. The highest BCUT2D eigenvalue weighted by Crippen LogP contribution is 2.25. The number of aromatic amines is 1. The highest BCUT2D eigenvalue weighted by Gasteiger charge is 2.46. The molecular formula is C84H181N11O10. The first kappa shape index (κ1) is 131. The van der Waals surface area contributed by atoms with Crippen LogP contribution in [-0.4, -0.2) is 165 Å². The summed E-state index contributed by atoms with van der Waals surface area (Å²) in [7, 11) is 1.69. The monoisotopic (exact) mass is 1500 g/mol. The lowest BCUT2D eigenvalue weighted by Crippen LogP contribution is -2.41. The predicted molar refractivity (Wildman–Crippen MR) is 455 cm³/mol. The van der Waals surface area contributed by atoms with Crippen molar-refractivity contribution in [3.05, 3.63) is 36.2 Å². The molecular weight excluding hydrogens is 1320 g/mol. The molecule has 11 amide bonds. The van der Waals surface area contributed by atoms with Gasteiger partial charge in [0.2, 0.25) is 23.6 Å². The van der Waals surface area contributed by atoms with Crippen LogP contribution in [0.2, 0.25) is 0 Å². The van der Waals surface area contributed by atoms with Crippen molar-refractivity contribution < 1.29 is 47.7 Å². The number of carbonyl (C=O) groups excluding carboxylic acids is 9. The van der Waals surface area contributed by atoms with Crippen LogP contribution in [0.4, 0.5) is 9.59 Å². The number of nitrogens with one attached hydrogen (secondary N) is 2. The Labute approximate surface area is 652 Å². The number of nitrogens with zero attached hydrogens (tertiary/aromatic N) is 9. The lowest BCUT2D eigenvalue weighted by Gasteiger charge is -2.24. The summed E-state index contributed by atoms with van der Waals surface area (Å²) < 4.78 is 5.03. The number of hydrazine groups is 1. The Kier molecular flexibility index (Phi) is 90.2. The van der Waals surface area contributed by atoms with Gasteiger partial charge >= 0.3 is 12.1 Å². The van der Waals surface area contributed by atoms with Gasteiger partial charge in [-0.1, -0.05) is 237 Å². The van der Waals surface area contributed by atoms with Crippen LogP contribution in [0.15, 0.2) is 29.0 Å². The second-order valence-corrected chi connectivity index (χ2v) is 29.3. The minimum absolute atomic E-state index is 0. The zero-order chi connectivity index (χ0) is 79.1. The summed E-state index contributed by atoms with van der Waals surface area (Å²) in [6.45, 7) is 79.4. The number of hydrogen-bond donors (Lipinski definition) is 2. The van der Waals surface area contributed by atoms with Gasteiger partial charge in [0.25, 0.3) is 23.6 Å². The van der Waals surface area contributed by atoms with E-state index in [0.29, 0.717) is 36.6 Å². The molecule has 0 aromatic carbocycles. The minimum Gasteiger partial charge on any atom is -0.368 e. The molecule has 7 heterocycles. The molecule has 3 unspecified atom stereocenters. The highest BCUT2D eigenvalue weighted by molar-refractivity contribution is 6.06. The van der Waals surface area contributed by atoms with E-state index in [2.05, 4.69) is 131 Å². The molecule has 5 saturated heterocycles. The van der Waals surface area contributed by atoms with E-state index in [1.807, 2.05) is 182 Å². The molecule has 2 N–H and O–H groups in total. The number of carbonyl (C=O) groups is 9. The Morgan fingerprint density at radius 1 is 0.429 bits per heavy atom. The van der Waals surface area contributed by atoms with Crippen LogP contribution < -0.4 is 5.43 Å². The van der Waals surface area contributed by atoms with Crippen molar-refractivity contribution in [2.75, 3.05) is 13.6 Å². The van der Waals surface area contributed by atoms with E-state index in [-0.39, 0.29) is 154 Å². The smallest absolute Gasteiger partial charge is 0.327 e. The zero-order valence-corrected chi connectivity index (χ0v) is 70.3. The average molecular weight is 1510 g/mol. The maximum Gasteiger partial charge on any atom is 0.327 e. The second kappa shape index (κ2) is 72.1. The van der Waals surface area contributed by atoms with Gasteiger partial charge in [-0.2, -0.15) is 4.98 Å². The number of H-pyrrole nitrogens is 1. The predicted octanol–water partition coefficient (Wildman–Crippen LogP) is 22.4. The van der Waals surface area contributed by atoms with Crippen LogP contribution in [0.25, 0.3) is 0 Å². The van der Waals surface area contributed by atoms with Gasteiger partial charge in [0, 0.05) is 93.3 Å². The van der Waals surface area contributed by atoms with E-state index < -0.39 is 5.92 Å². The summed E-state index contributed by atoms with van der Waals surface area (Å²) in [5.41, 5.74) is 2.58. The van der Waals surface area contributed by atoms with E-state index in [4.69, 9.17) is 4.52 Å². The Bertz CT molecular complexity index is 2270. The minimum atomic E-state index is -0.498. The first-order chi connectivity index (χ1) is 45.1. The molecule has 0 aliphatic carbocycles. The van der Waals surface area contributed by atoms with Crippen molar-refractivity contribution in [3.63, 3.8) is 0 Å². The van der Waals surface area contributed by atoms with Gasteiger partial charge < -0.3 is 24.2 Å². The number of amides is 11. The summed E-state index contributed by atoms with van der Waals surface area (Å²) >= 11 is 0. The van der Waals surface area contributed by atoms with Crippen LogP contribution in [-0.2, 0) is 33.6 Å². The summed E-state index contributed by atoms with van der Waals surface area (Å²) in [6.07, 6.45) is 6.36. The topological polar surface area (TPSA) is 243 Å². The molecule has 5 fully saturated rings. The molecule has 2 aromatic heterocycles. The summed E-state index contributed by atoms with van der Waals surface area (Å²) in [5, 5.41) is 5.26. The molecule has 5 aliphatic rings.